The van der Waals surface area contributed by atoms with Gasteiger partial charge in [0, 0.05) is 17.7 Å². The predicted molar refractivity (Wildman–Crippen MR) is 79.5 cm³/mol. The Bertz CT molecular complexity index is 686. The molecule has 1 aliphatic rings. The maximum atomic E-state index is 12.9. The number of nitrogens with one attached hydrogen (secondary N) is 1. The first-order chi connectivity index (χ1) is 11.0. The van der Waals surface area contributed by atoms with Crippen LogP contribution in [0.5, 0.6) is 0 Å². The van der Waals surface area contributed by atoms with Crippen molar-refractivity contribution < 1.29 is 18.0 Å². The SMILES string of the molecule is O=C(NCC(F)F)[C@H]1CC1c1ccc(-c2ccc(F)cc2)nc1. The molecule has 6 heteroatoms. The van der Waals surface area contributed by atoms with Crippen molar-refractivity contribution in [2.75, 3.05) is 6.54 Å². The standard InChI is InChI=1S/C17H15F3N2O/c18-12-4-1-10(2-5-12)15-6-3-11(8-21-15)13-7-14(13)17(23)22-9-16(19)20/h1-6,8,13-14,16H,7,9H2,(H,22,23)/t13?,14-/m0/s1. The highest BCUT2D eigenvalue weighted by molar-refractivity contribution is 5.82. The van der Waals surface area contributed by atoms with Gasteiger partial charge in [-0.25, -0.2) is 13.2 Å². The van der Waals surface area contributed by atoms with Crippen LogP contribution in [0.1, 0.15) is 17.9 Å². The first-order valence-corrected chi connectivity index (χ1v) is 7.32. The fourth-order valence-corrected chi connectivity index (χ4v) is 2.58. The highest BCUT2D eigenvalue weighted by Crippen LogP contribution is 2.47. The number of nitrogens with zero attached hydrogens (tertiary/aromatic N) is 1. The molecule has 120 valence electrons. The fourth-order valence-electron chi connectivity index (χ4n) is 2.58. The Hall–Kier alpha value is -2.37. The number of hydrogen-bond acceptors (Lipinski definition) is 2. The van der Waals surface area contributed by atoms with Gasteiger partial charge in [0.15, 0.2) is 0 Å². The zero-order chi connectivity index (χ0) is 16.4. The summed E-state index contributed by atoms with van der Waals surface area (Å²) in [4.78, 5) is 16.0. The summed E-state index contributed by atoms with van der Waals surface area (Å²) in [5, 5.41) is 2.24. The van der Waals surface area contributed by atoms with Crippen LogP contribution in [-0.2, 0) is 4.79 Å². The molecule has 1 aliphatic carbocycles. The molecule has 0 aliphatic heterocycles. The summed E-state index contributed by atoms with van der Waals surface area (Å²) in [7, 11) is 0. The van der Waals surface area contributed by atoms with Crippen LogP contribution in [0, 0.1) is 11.7 Å². The summed E-state index contributed by atoms with van der Waals surface area (Å²) in [5.41, 5.74) is 2.43. The molecule has 0 spiro atoms. The van der Waals surface area contributed by atoms with Gasteiger partial charge in [0.25, 0.3) is 6.43 Å². The molecule has 2 aromatic rings. The van der Waals surface area contributed by atoms with Crippen LogP contribution in [0.2, 0.25) is 0 Å². The Morgan fingerprint density at radius 3 is 2.57 bits per heavy atom. The fraction of sp³-hybridized carbons (Fsp3) is 0.294. The number of carbonyl (C=O) groups is 1. The normalized spacial score (nSPS) is 19.7. The smallest absolute Gasteiger partial charge is 0.255 e. The van der Waals surface area contributed by atoms with E-state index in [9.17, 15) is 18.0 Å². The van der Waals surface area contributed by atoms with Gasteiger partial charge in [-0.2, -0.15) is 0 Å². The van der Waals surface area contributed by atoms with E-state index in [1.165, 1.54) is 12.1 Å². The Labute approximate surface area is 131 Å². The number of rotatable bonds is 5. The summed E-state index contributed by atoms with van der Waals surface area (Å²) in [6, 6.07) is 9.72. The molecule has 3 nitrogen and oxygen atoms in total. The number of halogens is 3. The van der Waals surface area contributed by atoms with E-state index in [1.807, 2.05) is 12.1 Å². The number of benzene rings is 1. The van der Waals surface area contributed by atoms with Crippen molar-refractivity contribution in [3.8, 4) is 11.3 Å². The average molecular weight is 320 g/mol. The van der Waals surface area contributed by atoms with Gasteiger partial charge in [-0.3, -0.25) is 9.78 Å². The summed E-state index contributed by atoms with van der Waals surface area (Å²) < 4.78 is 37.1. The average Bonchev–Trinajstić information content (AvgIpc) is 3.34. The van der Waals surface area contributed by atoms with Crippen LogP contribution in [-0.4, -0.2) is 23.9 Å². The first kappa shape index (κ1) is 15.5. The lowest BCUT2D eigenvalue weighted by molar-refractivity contribution is -0.123. The number of carbonyl (C=O) groups excluding carboxylic acids is 1. The zero-order valence-electron chi connectivity index (χ0n) is 12.2. The Balaban J connectivity index is 1.63. The zero-order valence-corrected chi connectivity index (χ0v) is 12.2. The van der Waals surface area contributed by atoms with Crippen molar-refractivity contribution in [1.82, 2.24) is 10.3 Å². The quantitative estimate of drug-likeness (QED) is 0.918. The third-order valence-corrected chi connectivity index (χ3v) is 3.91. The Kier molecular flexibility index (Phi) is 4.32. The van der Waals surface area contributed by atoms with Crippen LogP contribution in [0.4, 0.5) is 13.2 Å². The van der Waals surface area contributed by atoms with Crippen LogP contribution < -0.4 is 5.32 Å². The molecule has 1 heterocycles. The molecular weight excluding hydrogens is 305 g/mol. The van der Waals surface area contributed by atoms with E-state index in [2.05, 4.69) is 10.3 Å². The summed E-state index contributed by atoms with van der Waals surface area (Å²) in [5.74, 6) is -0.867. The van der Waals surface area contributed by atoms with E-state index in [1.54, 1.807) is 18.3 Å². The summed E-state index contributed by atoms with van der Waals surface area (Å²) in [6.45, 7) is -0.607. The van der Waals surface area contributed by atoms with Gasteiger partial charge in [-0.1, -0.05) is 6.07 Å². The predicted octanol–water partition coefficient (Wildman–Crippen LogP) is 3.37. The third-order valence-electron chi connectivity index (χ3n) is 3.91. The van der Waals surface area contributed by atoms with Gasteiger partial charge in [-0.05, 0) is 48.2 Å². The molecule has 1 amide bonds. The van der Waals surface area contributed by atoms with Gasteiger partial charge in [0.1, 0.15) is 5.82 Å². The van der Waals surface area contributed by atoms with Crippen molar-refractivity contribution in [2.45, 2.75) is 18.8 Å². The lowest BCUT2D eigenvalue weighted by Crippen LogP contribution is -2.30. The molecule has 0 saturated heterocycles. The summed E-state index contributed by atoms with van der Waals surface area (Å²) in [6.07, 6.45) is -0.205. The molecule has 0 bridgehead atoms. The Morgan fingerprint density at radius 1 is 1.22 bits per heavy atom. The van der Waals surface area contributed by atoms with E-state index in [0.29, 0.717) is 12.1 Å². The molecule has 1 N–H and O–H groups in total. The second-order valence-electron chi connectivity index (χ2n) is 5.57. The van der Waals surface area contributed by atoms with Crippen LogP contribution in [0.3, 0.4) is 0 Å². The van der Waals surface area contributed by atoms with Crippen molar-refractivity contribution in [1.29, 1.82) is 0 Å². The first-order valence-electron chi connectivity index (χ1n) is 7.32. The lowest BCUT2D eigenvalue weighted by Gasteiger charge is -2.05. The van der Waals surface area contributed by atoms with Crippen LogP contribution >= 0.6 is 0 Å². The second kappa shape index (κ2) is 6.40. The molecule has 1 aromatic heterocycles. The lowest BCUT2D eigenvalue weighted by atomic mass is 10.1. The highest BCUT2D eigenvalue weighted by atomic mass is 19.3. The van der Waals surface area contributed by atoms with Gasteiger partial charge >= 0.3 is 0 Å². The number of alkyl halides is 2. The van der Waals surface area contributed by atoms with Crippen LogP contribution in [0.25, 0.3) is 11.3 Å². The largest absolute Gasteiger partial charge is 0.350 e. The van der Waals surface area contributed by atoms with E-state index in [-0.39, 0.29) is 23.6 Å². The monoisotopic (exact) mass is 320 g/mol. The van der Waals surface area contributed by atoms with Gasteiger partial charge in [0.2, 0.25) is 5.91 Å². The molecular formula is C17H15F3N2O. The van der Waals surface area contributed by atoms with E-state index < -0.39 is 13.0 Å². The van der Waals surface area contributed by atoms with E-state index >= 15 is 0 Å². The Morgan fingerprint density at radius 2 is 1.96 bits per heavy atom. The van der Waals surface area contributed by atoms with Gasteiger partial charge in [0.05, 0.1) is 12.2 Å². The molecule has 1 saturated carbocycles. The molecule has 0 radical (unpaired) electrons. The van der Waals surface area contributed by atoms with Gasteiger partial charge in [-0.15, -0.1) is 0 Å². The van der Waals surface area contributed by atoms with Crippen molar-refractivity contribution >= 4 is 5.91 Å². The molecule has 1 fully saturated rings. The number of pyridine rings is 1. The van der Waals surface area contributed by atoms with E-state index in [4.69, 9.17) is 0 Å². The van der Waals surface area contributed by atoms with Crippen molar-refractivity contribution in [3.05, 3.63) is 54.0 Å². The van der Waals surface area contributed by atoms with Crippen molar-refractivity contribution in [2.24, 2.45) is 5.92 Å². The topological polar surface area (TPSA) is 42.0 Å². The third kappa shape index (κ3) is 3.70. The minimum absolute atomic E-state index is 0.0300. The minimum Gasteiger partial charge on any atom is -0.350 e. The molecule has 2 atom stereocenters. The number of aromatic nitrogens is 1. The maximum Gasteiger partial charge on any atom is 0.255 e. The number of amides is 1. The summed E-state index contributed by atoms with van der Waals surface area (Å²) >= 11 is 0. The molecule has 23 heavy (non-hydrogen) atoms. The molecule has 3 rings (SSSR count). The van der Waals surface area contributed by atoms with E-state index in [0.717, 1.165) is 11.1 Å². The number of hydrogen-bond donors (Lipinski definition) is 1. The van der Waals surface area contributed by atoms with Gasteiger partial charge < -0.3 is 5.32 Å². The maximum absolute atomic E-state index is 12.9. The van der Waals surface area contributed by atoms with Crippen molar-refractivity contribution in [3.63, 3.8) is 0 Å². The molecule has 1 unspecified atom stereocenters. The second-order valence-corrected chi connectivity index (χ2v) is 5.57. The van der Waals surface area contributed by atoms with Crippen LogP contribution in [0.15, 0.2) is 42.6 Å². The highest BCUT2D eigenvalue weighted by Gasteiger charge is 2.44. The molecule has 1 aromatic carbocycles. The minimum atomic E-state index is -2.53.